The first-order chi connectivity index (χ1) is 6.24. The number of nitrogens with two attached hydrogens (primary N) is 1. The minimum absolute atomic E-state index is 0. The van der Waals surface area contributed by atoms with E-state index in [2.05, 4.69) is 5.32 Å². The molecule has 0 saturated heterocycles. The van der Waals surface area contributed by atoms with Crippen molar-refractivity contribution in [2.24, 2.45) is 5.73 Å². The van der Waals surface area contributed by atoms with Crippen LogP contribution in [0.4, 0.5) is 0 Å². The van der Waals surface area contributed by atoms with Gasteiger partial charge in [0.15, 0.2) is 0 Å². The summed E-state index contributed by atoms with van der Waals surface area (Å²) < 4.78 is 0. The fourth-order valence-corrected chi connectivity index (χ4v) is 1.21. The van der Waals surface area contributed by atoms with Crippen LogP contribution in [0.15, 0.2) is 30.3 Å². The zero-order valence-corrected chi connectivity index (χ0v) is 8.88. The van der Waals surface area contributed by atoms with Crippen molar-refractivity contribution in [1.82, 2.24) is 5.32 Å². The average molecular weight is 215 g/mol. The first kappa shape index (κ1) is 12.9. The molecule has 78 valence electrons. The molecule has 0 aromatic heterocycles. The van der Waals surface area contributed by atoms with E-state index < -0.39 is 0 Å². The van der Waals surface area contributed by atoms with Crippen LogP contribution in [-0.4, -0.2) is 12.5 Å². The van der Waals surface area contributed by atoms with Gasteiger partial charge in [-0.3, -0.25) is 4.79 Å². The molecule has 0 aliphatic rings. The lowest BCUT2D eigenvalue weighted by atomic mass is 10.1. The van der Waals surface area contributed by atoms with Crippen molar-refractivity contribution in [3.05, 3.63) is 35.9 Å². The molecule has 0 heterocycles. The maximum absolute atomic E-state index is 10.8. The van der Waals surface area contributed by atoms with Gasteiger partial charge in [0.2, 0.25) is 5.91 Å². The molecule has 4 heteroatoms. The van der Waals surface area contributed by atoms with Crippen molar-refractivity contribution in [3.8, 4) is 0 Å². The van der Waals surface area contributed by atoms with E-state index in [0.29, 0.717) is 6.54 Å². The number of carbonyl (C=O) groups excluding carboxylic acids is 1. The number of hydrogen-bond acceptors (Lipinski definition) is 2. The molecule has 0 aliphatic carbocycles. The molecule has 0 aliphatic heterocycles. The van der Waals surface area contributed by atoms with Gasteiger partial charge in [-0.05, 0) is 5.56 Å². The Morgan fingerprint density at radius 1 is 1.43 bits per heavy atom. The number of carbonyl (C=O) groups is 1. The van der Waals surface area contributed by atoms with Gasteiger partial charge in [-0.15, -0.1) is 12.4 Å². The normalized spacial score (nSPS) is 11.3. The van der Waals surface area contributed by atoms with Gasteiger partial charge in [-0.25, -0.2) is 0 Å². The summed E-state index contributed by atoms with van der Waals surface area (Å²) in [6, 6.07) is 9.63. The molecule has 14 heavy (non-hydrogen) atoms. The summed E-state index contributed by atoms with van der Waals surface area (Å²) in [7, 11) is 0. The number of hydrogen-bond donors (Lipinski definition) is 2. The standard InChI is InChI=1S/C10H14N2O.ClH/c1-8(13)12-10(7-11)9-5-3-2-4-6-9;/h2-6,10H,7,11H2,1H3,(H,12,13);1H. The van der Waals surface area contributed by atoms with E-state index in [4.69, 9.17) is 5.73 Å². The molecule has 3 N–H and O–H groups in total. The second kappa shape index (κ2) is 6.40. The van der Waals surface area contributed by atoms with E-state index in [9.17, 15) is 4.79 Å². The van der Waals surface area contributed by atoms with E-state index in [0.717, 1.165) is 5.56 Å². The van der Waals surface area contributed by atoms with Gasteiger partial charge >= 0.3 is 0 Å². The van der Waals surface area contributed by atoms with E-state index in [-0.39, 0.29) is 24.4 Å². The maximum Gasteiger partial charge on any atom is 0.217 e. The summed E-state index contributed by atoms with van der Waals surface area (Å²) >= 11 is 0. The molecule has 1 rings (SSSR count). The molecule has 0 bridgehead atoms. The Morgan fingerprint density at radius 2 is 2.00 bits per heavy atom. The summed E-state index contributed by atoms with van der Waals surface area (Å²) in [4.78, 5) is 10.8. The number of benzene rings is 1. The number of amides is 1. The van der Waals surface area contributed by atoms with Crippen LogP contribution in [0.5, 0.6) is 0 Å². The summed E-state index contributed by atoms with van der Waals surface area (Å²) in [5.41, 5.74) is 6.58. The van der Waals surface area contributed by atoms with Crippen molar-refractivity contribution >= 4 is 18.3 Å². The molecule has 0 spiro atoms. The topological polar surface area (TPSA) is 55.1 Å². The van der Waals surface area contributed by atoms with Gasteiger partial charge in [0.25, 0.3) is 0 Å². The maximum atomic E-state index is 10.8. The third-order valence-corrected chi connectivity index (χ3v) is 1.82. The third kappa shape index (κ3) is 3.77. The van der Waals surface area contributed by atoms with E-state index in [1.165, 1.54) is 6.92 Å². The van der Waals surface area contributed by atoms with Crippen molar-refractivity contribution in [1.29, 1.82) is 0 Å². The first-order valence-corrected chi connectivity index (χ1v) is 4.26. The Labute approximate surface area is 90.1 Å². The molecule has 1 aromatic carbocycles. The van der Waals surface area contributed by atoms with Crippen molar-refractivity contribution < 1.29 is 4.79 Å². The van der Waals surface area contributed by atoms with Crippen LogP contribution in [0, 0.1) is 0 Å². The Kier molecular flexibility index (Phi) is 5.92. The van der Waals surface area contributed by atoms with Crippen LogP contribution >= 0.6 is 12.4 Å². The fourth-order valence-electron chi connectivity index (χ4n) is 1.21. The quantitative estimate of drug-likeness (QED) is 0.796. The van der Waals surface area contributed by atoms with E-state index >= 15 is 0 Å². The highest BCUT2D eigenvalue weighted by molar-refractivity contribution is 5.85. The van der Waals surface area contributed by atoms with E-state index in [1.807, 2.05) is 30.3 Å². The average Bonchev–Trinajstić information content (AvgIpc) is 2.15. The highest BCUT2D eigenvalue weighted by atomic mass is 35.5. The predicted octanol–water partition coefficient (Wildman–Crippen LogP) is 1.24. The largest absolute Gasteiger partial charge is 0.348 e. The molecule has 1 atom stereocenters. The third-order valence-electron chi connectivity index (χ3n) is 1.82. The Balaban J connectivity index is 0.00000169. The Hall–Kier alpha value is -1.06. The summed E-state index contributed by atoms with van der Waals surface area (Å²) in [6.45, 7) is 1.91. The highest BCUT2D eigenvalue weighted by Crippen LogP contribution is 2.10. The van der Waals surface area contributed by atoms with Gasteiger partial charge in [-0.2, -0.15) is 0 Å². The Bertz CT molecular complexity index is 277. The molecule has 3 nitrogen and oxygen atoms in total. The molecule has 0 radical (unpaired) electrons. The van der Waals surface area contributed by atoms with Gasteiger partial charge in [0.05, 0.1) is 6.04 Å². The van der Waals surface area contributed by atoms with Gasteiger partial charge in [-0.1, -0.05) is 30.3 Å². The molecule has 1 aromatic rings. The SMILES string of the molecule is CC(=O)NC(CN)c1ccccc1.Cl. The fraction of sp³-hybridized carbons (Fsp3) is 0.300. The summed E-state index contributed by atoms with van der Waals surface area (Å²) in [5.74, 6) is -0.0562. The smallest absolute Gasteiger partial charge is 0.217 e. The number of rotatable bonds is 3. The van der Waals surface area contributed by atoms with Gasteiger partial charge in [0.1, 0.15) is 0 Å². The van der Waals surface area contributed by atoms with Crippen LogP contribution in [0.2, 0.25) is 0 Å². The monoisotopic (exact) mass is 214 g/mol. The lowest BCUT2D eigenvalue weighted by molar-refractivity contribution is -0.119. The molecule has 1 unspecified atom stereocenters. The van der Waals surface area contributed by atoms with Crippen LogP contribution < -0.4 is 11.1 Å². The minimum atomic E-state index is -0.0706. The first-order valence-electron chi connectivity index (χ1n) is 4.26. The molecule has 0 saturated carbocycles. The zero-order chi connectivity index (χ0) is 9.68. The lowest BCUT2D eigenvalue weighted by Gasteiger charge is -2.15. The van der Waals surface area contributed by atoms with Crippen molar-refractivity contribution in [2.75, 3.05) is 6.54 Å². The minimum Gasteiger partial charge on any atom is -0.348 e. The molecule has 0 fully saturated rings. The van der Waals surface area contributed by atoms with Gasteiger partial charge in [0, 0.05) is 13.5 Å². The van der Waals surface area contributed by atoms with Crippen molar-refractivity contribution in [2.45, 2.75) is 13.0 Å². The van der Waals surface area contributed by atoms with Crippen LogP contribution in [0.3, 0.4) is 0 Å². The summed E-state index contributed by atoms with van der Waals surface area (Å²) in [5, 5.41) is 2.78. The van der Waals surface area contributed by atoms with Gasteiger partial charge < -0.3 is 11.1 Å². The second-order valence-corrected chi connectivity index (χ2v) is 2.90. The highest BCUT2D eigenvalue weighted by Gasteiger charge is 2.08. The predicted molar refractivity (Wildman–Crippen MR) is 59.3 cm³/mol. The molecular weight excluding hydrogens is 200 g/mol. The van der Waals surface area contributed by atoms with Crippen LogP contribution in [0.1, 0.15) is 18.5 Å². The summed E-state index contributed by atoms with van der Waals surface area (Å²) in [6.07, 6.45) is 0. The van der Waals surface area contributed by atoms with Crippen LogP contribution in [0.25, 0.3) is 0 Å². The molecule has 1 amide bonds. The van der Waals surface area contributed by atoms with E-state index in [1.54, 1.807) is 0 Å². The number of nitrogens with one attached hydrogen (secondary N) is 1. The van der Waals surface area contributed by atoms with Crippen molar-refractivity contribution in [3.63, 3.8) is 0 Å². The molecular formula is C10H15ClN2O. The zero-order valence-electron chi connectivity index (χ0n) is 8.07. The second-order valence-electron chi connectivity index (χ2n) is 2.90. The lowest BCUT2D eigenvalue weighted by Crippen LogP contribution is -2.31. The van der Waals surface area contributed by atoms with Crippen LogP contribution in [-0.2, 0) is 4.79 Å². The number of halogens is 1. The Morgan fingerprint density at radius 3 is 2.43 bits per heavy atom.